The highest BCUT2D eigenvalue weighted by Gasteiger charge is 2.30. The normalized spacial score (nSPS) is 15.2. The average molecular weight is 452 g/mol. The lowest BCUT2D eigenvalue weighted by atomic mass is 10.2. The Balaban J connectivity index is 1.70. The zero-order chi connectivity index (χ0) is 21.1. The lowest BCUT2D eigenvalue weighted by molar-refractivity contribution is -0.122. The Hall–Kier alpha value is -2.29. The van der Waals surface area contributed by atoms with Gasteiger partial charge in [0, 0.05) is 30.4 Å². The molecule has 1 aromatic heterocycles. The number of amidine groups is 1. The van der Waals surface area contributed by atoms with Crippen LogP contribution < -0.4 is 5.32 Å². The van der Waals surface area contributed by atoms with Crippen molar-refractivity contribution in [2.75, 3.05) is 17.6 Å². The predicted molar refractivity (Wildman–Crippen MR) is 118 cm³/mol. The molecule has 0 atom stereocenters. The number of aromatic nitrogens is 2. The van der Waals surface area contributed by atoms with Crippen LogP contribution in [0.5, 0.6) is 0 Å². The number of halogens is 2. The van der Waals surface area contributed by atoms with Crippen LogP contribution >= 0.6 is 35.0 Å². The summed E-state index contributed by atoms with van der Waals surface area (Å²) in [5.74, 6) is -0.369. The van der Waals surface area contributed by atoms with Gasteiger partial charge in [-0.2, -0.15) is 5.10 Å². The summed E-state index contributed by atoms with van der Waals surface area (Å²) >= 11 is 13.1. The fourth-order valence-corrected chi connectivity index (χ4v) is 4.05. The fourth-order valence-electron chi connectivity index (χ4n) is 2.73. The average Bonchev–Trinajstić information content (AvgIpc) is 3.14. The molecule has 7 nitrogen and oxygen atoms in total. The molecule has 3 rings (SSSR count). The Morgan fingerprint density at radius 3 is 2.72 bits per heavy atom. The quantitative estimate of drug-likeness (QED) is 0.697. The number of nitrogens with one attached hydrogen (secondary N) is 1. The molecule has 1 aliphatic rings. The van der Waals surface area contributed by atoms with Gasteiger partial charge in [-0.05, 0) is 38.1 Å². The summed E-state index contributed by atoms with van der Waals surface area (Å²) in [6.45, 7) is 4.19. The number of rotatable bonds is 5. The number of hydrogen-bond donors (Lipinski definition) is 1. The van der Waals surface area contributed by atoms with E-state index >= 15 is 0 Å². The number of carbonyl (C=O) groups excluding carboxylic acids is 2. The molecule has 2 aromatic rings. The van der Waals surface area contributed by atoms with Crippen molar-refractivity contribution in [1.29, 1.82) is 0 Å². The van der Waals surface area contributed by atoms with Gasteiger partial charge in [-0.1, -0.05) is 35.0 Å². The molecule has 29 heavy (non-hydrogen) atoms. The first-order valence-corrected chi connectivity index (χ1v) is 10.5. The van der Waals surface area contributed by atoms with Gasteiger partial charge in [0.05, 0.1) is 22.2 Å². The van der Waals surface area contributed by atoms with Gasteiger partial charge in [-0.3, -0.25) is 19.2 Å². The molecule has 2 heterocycles. The van der Waals surface area contributed by atoms with Crippen molar-refractivity contribution in [1.82, 2.24) is 14.7 Å². The first-order valence-electron chi connectivity index (χ1n) is 8.78. The van der Waals surface area contributed by atoms with Crippen LogP contribution in [0.25, 0.3) is 6.08 Å². The minimum atomic E-state index is -0.258. The van der Waals surface area contributed by atoms with Crippen molar-refractivity contribution in [3.63, 3.8) is 0 Å². The van der Waals surface area contributed by atoms with Gasteiger partial charge in [0.25, 0.3) is 5.91 Å². The highest BCUT2D eigenvalue weighted by Crippen LogP contribution is 2.27. The van der Waals surface area contributed by atoms with Crippen LogP contribution in [0.1, 0.15) is 18.2 Å². The van der Waals surface area contributed by atoms with Crippen molar-refractivity contribution in [2.45, 2.75) is 13.8 Å². The largest absolute Gasteiger partial charge is 0.324 e. The summed E-state index contributed by atoms with van der Waals surface area (Å²) in [6, 6.07) is 4.84. The first kappa shape index (κ1) is 21.4. The zero-order valence-electron chi connectivity index (χ0n) is 16.1. The van der Waals surface area contributed by atoms with Crippen molar-refractivity contribution in [3.8, 4) is 0 Å². The van der Waals surface area contributed by atoms with E-state index in [-0.39, 0.29) is 17.6 Å². The smallest absolute Gasteiger partial charge is 0.278 e. The van der Waals surface area contributed by atoms with Crippen molar-refractivity contribution in [3.05, 3.63) is 51.4 Å². The van der Waals surface area contributed by atoms with E-state index < -0.39 is 0 Å². The Kier molecular flexibility index (Phi) is 6.66. The van der Waals surface area contributed by atoms with Crippen LogP contribution in [0, 0.1) is 6.92 Å². The molecule has 0 unspecified atom stereocenters. The van der Waals surface area contributed by atoms with Crippen LogP contribution in [0.15, 0.2) is 35.1 Å². The number of aliphatic imine (C=N–C) groups is 1. The van der Waals surface area contributed by atoms with Gasteiger partial charge >= 0.3 is 0 Å². The molecule has 0 aliphatic carbocycles. The SMILES string of the molecule is CCN1C(=O)/C(=C/c2cn(C)nc2C)N=C1SCC(=O)Nc1ccc(Cl)cc1Cl. The number of carbonyl (C=O) groups is 2. The van der Waals surface area contributed by atoms with Gasteiger partial charge in [0.2, 0.25) is 5.91 Å². The number of amides is 2. The standard InChI is InChI=1S/C19H19Cl2N5O2S/c1-4-26-18(28)16(7-12-9-25(3)24-11(12)2)23-19(26)29-10-17(27)22-15-6-5-13(20)8-14(15)21/h5-9H,4,10H2,1-3H3,(H,22,27)/b16-7-. The molecule has 0 radical (unpaired) electrons. The summed E-state index contributed by atoms with van der Waals surface area (Å²) in [5.41, 5.74) is 2.45. The van der Waals surface area contributed by atoms with Crippen molar-refractivity contribution in [2.24, 2.45) is 12.0 Å². The maximum Gasteiger partial charge on any atom is 0.278 e. The fraction of sp³-hybridized carbons (Fsp3) is 0.263. The van der Waals surface area contributed by atoms with E-state index in [0.29, 0.717) is 33.1 Å². The van der Waals surface area contributed by atoms with Crippen molar-refractivity contribution >= 4 is 63.7 Å². The molecule has 1 aliphatic heterocycles. The van der Waals surface area contributed by atoms with E-state index in [2.05, 4.69) is 15.4 Å². The maximum absolute atomic E-state index is 12.7. The van der Waals surface area contributed by atoms with Crippen LogP contribution in [0.4, 0.5) is 5.69 Å². The molecule has 0 bridgehead atoms. The topological polar surface area (TPSA) is 79.6 Å². The molecule has 1 N–H and O–H groups in total. The molecule has 0 fully saturated rings. The molecular formula is C19H19Cl2N5O2S. The highest BCUT2D eigenvalue weighted by molar-refractivity contribution is 8.14. The van der Waals surface area contributed by atoms with Gasteiger partial charge in [0.15, 0.2) is 5.17 Å². The minimum Gasteiger partial charge on any atom is -0.324 e. The lowest BCUT2D eigenvalue weighted by Gasteiger charge is -2.14. The third-order valence-electron chi connectivity index (χ3n) is 4.11. The monoisotopic (exact) mass is 451 g/mol. The summed E-state index contributed by atoms with van der Waals surface area (Å²) in [5, 5.41) is 8.34. The predicted octanol–water partition coefficient (Wildman–Crippen LogP) is 3.97. The van der Waals surface area contributed by atoms with Crippen LogP contribution in [0.2, 0.25) is 10.0 Å². The molecule has 10 heteroatoms. The van der Waals surface area contributed by atoms with E-state index in [1.165, 1.54) is 11.8 Å². The minimum absolute atomic E-state index is 0.0841. The van der Waals surface area contributed by atoms with Gasteiger partial charge in [0.1, 0.15) is 5.70 Å². The number of thioether (sulfide) groups is 1. The van der Waals surface area contributed by atoms with E-state index in [1.807, 2.05) is 27.1 Å². The number of aryl methyl sites for hydroxylation is 2. The molecule has 0 saturated carbocycles. The number of nitrogens with zero attached hydrogens (tertiary/aromatic N) is 4. The molecule has 0 spiro atoms. The second-order valence-electron chi connectivity index (χ2n) is 6.28. The van der Waals surface area contributed by atoms with E-state index in [4.69, 9.17) is 23.2 Å². The van der Waals surface area contributed by atoms with E-state index in [1.54, 1.807) is 33.9 Å². The Labute approximate surface area is 182 Å². The molecule has 2 amide bonds. The number of benzene rings is 1. The van der Waals surface area contributed by atoms with Crippen LogP contribution in [-0.4, -0.2) is 44.0 Å². The van der Waals surface area contributed by atoms with Crippen molar-refractivity contribution < 1.29 is 9.59 Å². The molecular weight excluding hydrogens is 433 g/mol. The van der Waals surface area contributed by atoms with Gasteiger partial charge in [-0.25, -0.2) is 4.99 Å². The molecule has 0 saturated heterocycles. The number of likely N-dealkylation sites (N-methyl/N-ethyl adjacent to an activating group) is 1. The second-order valence-corrected chi connectivity index (χ2v) is 8.06. The van der Waals surface area contributed by atoms with E-state index in [0.717, 1.165) is 11.3 Å². The van der Waals surface area contributed by atoms with Crippen LogP contribution in [0.3, 0.4) is 0 Å². The maximum atomic E-state index is 12.7. The second kappa shape index (κ2) is 9.02. The number of anilines is 1. The van der Waals surface area contributed by atoms with Gasteiger partial charge in [-0.15, -0.1) is 0 Å². The highest BCUT2D eigenvalue weighted by atomic mass is 35.5. The third-order valence-corrected chi connectivity index (χ3v) is 5.63. The number of hydrogen-bond acceptors (Lipinski definition) is 5. The summed E-state index contributed by atoms with van der Waals surface area (Å²) in [4.78, 5) is 30.9. The summed E-state index contributed by atoms with van der Waals surface area (Å²) < 4.78 is 1.68. The lowest BCUT2D eigenvalue weighted by Crippen LogP contribution is -2.31. The first-order chi connectivity index (χ1) is 13.8. The summed E-state index contributed by atoms with van der Waals surface area (Å²) in [7, 11) is 1.82. The van der Waals surface area contributed by atoms with E-state index in [9.17, 15) is 9.59 Å². The Morgan fingerprint density at radius 2 is 2.10 bits per heavy atom. The Bertz CT molecular complexity index is 1030. The Morgan fingerprint density at radius 1 is 1.34 bits per heavy atom. The summed E-state index contributed by atoms with van der Waals surface area (Å²) in [6.07, 6.45) is 3.55. The molecule has 152 valence electrons. The third kappa shape index (κ3) is 5.01. The van der Waals surface area contributed by atoms with Gasteiger partial charge < -0.3 is 5.32 Å². The zero-order valence-corrected chi connectivity index (χ0v) is 18.4. The molecule has 1 aromatic carbocycles. The van der Waals surface area contributed by atoms with Crippen LogP contribution in [-0.2, 0) is 16.6 Å².